The summed E-state index contributed by atoms with van der Waals surface area (Å²) in [6, 6.07) is 10.1. The van der Waals surface area contributed by atoms with Crippen LogP contribution >= 0.6 is 11.6 Å². The van der Waals surface area contributed by atoms with Crippen molar-refractivity contribution in [2.75, 3.05) is 17.1 Å². The van der Waals surface area contributed by atoms with Gasteiger partial charge in [0.1, 0.15) is 6.04 Å². The second-order valence-corrected chi connectivity index (χ2v) is 12.6. The molecule has 2 aromatic rings. The second kappa shape index (κ2) is 13.0. The Morgan fingerprint density at radius 1 is 1.05 bits per heavy atom. The van der Waals surface area contributed by atoms with E-state index in [0.717, 1.165) is 34.3 Å². The van der Waals surface area contributed by atoms with Crippen LogP contribution in [0.3, 0.4) is 0 Å². The number of sulfonamides is 1. The Morgan fingerprint density at radius 2 is 1.67 bits per heavy atom. The number of carbonyl (C=O) groups is 2. The Kier molecular flexibility index (Phi) is 10.8. The van der Waals surface area contributed by atoms with Gasteiger partial charge in [-0.15, -0.1) is 0 Å². The zero-order valence-corrected chi connectivity index (χ0v) is 24.3. The van der Waals surface area contributed by atoms with Crippen LogP contribution in [0, 0.1) is 0 Å². The summed E-state index contributed by atoms with van der Waals surface area (Å²) in [5.74, 6) is -0.715. The summed E-state index contributed by atoms with van der Waals surface area (Å²) >= 11 is 5.98. The number of nitrogens with zero attached hydrogens (tertiary/aromatic N) is 2. The molecule has 0 saturated carbocycles. The molecule has 1 atom stereocenters. The van der Waals surface area contributed by atoms with Crippen molar-refractivity contribution >= 4 is 39.1 Å². The van der Waals surface area contributed by atoms with Crippen molar-refractivity contribution in [2.45, 2.75) is 71.3 Å². The first-order chi connectivity index (χ1) is 17.9. The van der Waals surface area contributed by atoms with Gasteiger partial charge in [-0.1, -0.05) is 36.7 Å². The molecular formula is C27H35ClF3N3O4S. The maximum absolute atomic E-state index is 13.4. The summed E-state index contributed by atoms with van der Waals surface area (Å²) < 4.78 is 65.3. The maximum Gasteiger partial charge on any atom is 0.416 e. The number of halogens is 4. The monoisotopic (exact) mass is 589 g/mol. The molecule has 2 rings (SSSR count). The molecule has 7 nitrogen and oxygen atoms in total. The van der Waals surface area contributed by atoms with Crippen molar-refractivity contribution in [3.63, 3.8) is 0 Å². The third-order valence-corrected chi connectivity index (χ3v) is 7.21. The lowest BCUT2D eigenvalue weighted by Gasteiger charge is -2.33. The van der Waals surface area contributed by atoms with E-state index < -0.39 is 39.3 Å². The van der Waals surface area contributed by atoms with Crippen molar-refractivity contribution < 1.29 is 31.2 Å². The van der Waals surface area contributed by atoms with Crippen LogP contribution in [-0.2, 0) is 32.3 Å². The first kappa shape index (κ1) is 32.4. The quantitative estimate of drug-likeness (QED) is 0.368. The zero-order chi connectivity index (χ0) is 29.6. The average Bonchev–Trinajstić information content (AvgIpc) is 2.80. The molecule has 0 spiro atoms. The molecule has 1 N–H and O–H groups in total. The Bertz CT molecular complexity index is 1250. The highest BCUT2D eigenvalue weighted by molar-refractivity contribution is 7.92. The van der Waals surface area contributed by atoms with E-state index in [2.05, 4.69) is 5.32 Å². The third kappa shape index (κ3) is 10.0. The van der Waals surface area contributed by atoms with E-state index in [4.69, 9.17) is 11.6 Å². The van der Waals surface area contributed by atoms with E-state index in [9.17, 15) is 31.2 Å². The van der Waals surface area contributed by atoms with Gasteiger partial charge in [0.25, 0.3) is 0 Å². The van der Waals surface area contributed by atoms with Crippen molar-refractivity contribution in [3.8, 4) is 0 Å². The fourth-order valence-electron chi connectivity index (χ4n) is 4.00. The normalized spacial score (nSPS) is 13.1. The zero-order valence-electron chi connectivity index (χ0n) is 22.7. The van der Waals surface area contributed by atoms with E-state index in [1.54, 1.807) is 31.2 Å². The molecule has 2 aromatic carbocycles. The number of amides is 2. The molecule has 216 valence electrons. The summed E-state index contributed by atoms with van der Waals surface area (Å²) in [4.78, 5) is 28.0. The van der Waals surface area contributed by atoms with Gasteiger partial charge in [-0.05, 0) is 69.5 Å². The van der Waals surface area contributed by atoms with E-state index in [1.807, 2.05) is 20.8 Å². The highest BCUT2D eigenvalue weighted by Gasteiger charge is 2.32. The molecule has 1 unspecified atom stereocenters. The number of benzene rings is 2. The number of rotatable bonds is 11. The fourth-order valence-corrected chi connectivity index (χ4v) is 5.08. The van der Waals surface area contributed by atoms with Crippen molar-refractivity contribution in [1.29, 1.82) is 0 Å². The first-order valence-corrected chi connectivity index (χ1v) is 14.7. The Hall–Kier alpha value is -2.79. The SMILES string of the molecule is CCC(C(=O)NC(C)(C)C)N(Cc1ccc(Cl)cc1)C(=O)CCCN(c1cccc(C(F)(F)F)c1)S(C)(=O)=O. The lowest BCUT2D eigenvalue weighted by atomic mass is 10.0. The van der Waals surface area contributed by atoms with Crippen LogP contribution in [-0.4, -0.2) is 49.5 Å². The van der Waals surface area contributed by atoms with Crippen molar-refractivity contribution in [2.24, 2.45) is 0 Å². The molecule has 0 aromatic heterocycles. The molecule has 0 heterocycles. The molecule has 12 heteroatoms. The van der Waals surface area contributed by atoms with Gasteiger partial charge in [-0.25, -0.2) is 8.42 Å². The van der Waals surface area contributed by atoms with Crippen LogP contribution in [0.2, 0.25) is 5.02 Å². The van der Waals surface area contributed by atoms with Crippen LogP contribution in [0.15, 0.2) is 48.5 Å². The molecule has 0 radical (unpaired) electrons. The molecule has 0 fully saturated rings. The lowest BCUT2D eigenvalue weighted by molar-refractivity contribution is -0.142. The smallest absolute Gasteiger partial charge is 0.350 e. The summed E-state index contributed by atoms with van der Waals surface area (Å²) in [6.07, 6.45) is -3.51. The van der Waals surface area contributed by atoms with E-state index in [-0.39, 0.29) is 37.5 Å². The maximum atomic E-state index is 13.4. The topological polar surface area (TPSA) is 86.8 Å². The summed E-state index contributed by atoms with van der Waals surface area (Å²) in [5.41, 5.74) is -0.903. The van der Waals surface area contributed by atoms with Crippen molar-refractivity contribution in [3.05, 3.63) is 64.7 Å². The number of hydrogen-bond donors (Lipinski definition) is 1. The number of alkyl halides is 3. The van der Waals surface area contributed by atoms with Crippen LogP contribution in [0.25, 0.3) is 0 Å². The number of hydrogen-bond acceptors (Lipinski definition) is 4. The van der Waals surface area contributed by atoms with Gasteiger partial charge in [-0.2, -0.15) is 13.2 Å². The molecule has 0 saturated heterocycles. The largest absolute Gasteiger partial charge is 0.416 e. The minimum absolute atomic E-state index is 0.0244. The Labute approximate surface area is 233 Å². The van der Waals surface area contributed by atoms with Crippen LogP contribution in [0.1, 0.15) is 58.1 Å². The highest BCUT2D eigenvalue weighted by Crippen LogP contribution is 2.32. The lowest BCUT2D eigenvalue weighted by Crippen LogP contribution is -2.53. The Morgan fingerprint density at radius 3 is 2.18 bits per heavy atom. The first-order valence-electron chi connectivity index (χ1n) is 12.4. The van der Waals surface area contributed by atoms with Crippen LogP contribution in [0.5, 0.6) is 0 Å². The van der Waals surface area contributed by atoms with Gasteiger partial charge in [0, 0.05) is 30.1 Å². The minimum atomic E-state index is -4.64. The predicted octanol–water partition coefficient (Wildman–Crippen LogP) is 5.63. The summed E-state index contributed by atoms with van der Waals surface area (Å²) in [6.45, 7) is 7.18. The standard InChI is InChI=1S/C27H35ClF3N3O4S/c1-6-23(25(36)32-26(2,3)4)33(18-19-12-14-21(28)15-13-19)24(35)11-8-16-34(39(5,37)38)22-10-7-9-20(17-22)27(29,30)31/h7,9-10,12-15,17,23H,6,8,11,16,18H2,1-5H3,(H,32,36). The van der Waals surface area contributed by atoms with Crippen molar-refractivity contribution in [1.82, 2.24) is 10.2 Å². The molecule has 2 amide bonds. The van der Waals surface area contributed by atoms with Gasteiger partial charge in [0.05, 0.1) is 17.5 Å². The Balaban J connectivity index is 2.27. The summed E-state index contributed by atoms with van der Waals surface area (Å²) in [7, 11) is -3.94. The van der Waals surface area contributed by atoms with E-state index in [0.29, 0.717) is 11.4 Å². The van der Waals surface area contributed by atoms with E-state index >= 15 is 0 Å². The highest BCUT2D eigenvalue weighted by atomic mass is 35.5. The average molecular weight is 590 g/mol. The molecule has 0 aliphatic carbocycles. The van der Waals surface area contributed by atoms with E-state index in [1.165, 1.54) is 11.0 Å². The van der Waals surface area contributed by atoms with Gasteiger partial charge >= 0.3 is 6.18 Å². The second-order valence-electron chi connectivity index (χ2n) is 10.3. The fraction of sp³-hybridized carbons (Fsp3) is 0.481. The molecule has 0 bridgehead atoms. The predicted molar refractivity (Wildman–Crippen MR) is 147 cm³/mol. The van der Waals surface area contributed by atoms with Gasteiger partial charge in [0.2, 0.25) is 21.8 Å². The molecule has 0 aliphatic rings. The number of nitrogens with one attached hydrogen (secondary N) is 1. The van der Waals surface area contributed by atoms with Crippen LogP contribution < -0.4 is 9.62 Å². The van der Waals surface area contributed by atoms with Gasteiger partial charge in [0.15, 0.2) is 0 Å². The third-order valence-electron chi connectivity index (χ3n) is 5.76. The summed E-state index contributed by atoms with van der Waals surface area (Å²) in [5, 5.41) is 3.42. The van der Waals surface area contributed by atoms with Gasteiger partial charge in [-0.3, -0.25) is 13.9 Å². The number of anilines is 1. The molecular weight excluding hydrogens is 555 g/mol. The minimum Gasteiger partial charge on any atom is -0.350 e. The number of carbonyl (C=O) groups excluding carboxylic acids is 2. The molecule has 39 heavy (non-hydrogen) atoms. The van der Waals surface area contributed by atoms with Gasteiger partial charge < -0.3 is 10.2 Å². The molecule has 0 aliphatic heterocycles. The van der Waals surface area contributed by atoms with Crippen LogP contribution in [0.4, 0.5) is 18.9 Å².